The normalized spacial score (nSPS) is 12.6. The highest BCUT2D eigenvalue weighted by atomic mass is 19.1. The van der Waals surface area contributed by atoms with Gasteiger partial charge in [0, 0.05) is 19.8 Å². The zero-order valence-corrected chi connectivity index (χ0v) is 10.9. The van der Waals surface area contributed by atoms with Crippen LogP contribution in [0.5, 0.6) is 0 Å². The third-order valence-corrected chi connectivity index (χ3v) is 2.94. The van der Waals surface area contributed by atoms with Gasteiger partial charge in [-0.05, 0) is 36.2 Å². The molecule has 2 rings (SSSR count). The topological polar surface area (TPSA) is 50.1 Å². The van der Waals surface area contributed by atoms with E-state index < -0.39 is 6.10 Å². The summed E-state index contributed by atoms with van der Waals surface area (Å²) in [4.78, 5) is 0. The maximum absolute atomic E-state index is 12.7. The summed E-state index contributed by atoms with van der Waals surface area (Å²) in [5.74, 6) is -0.291. The number of halogens is 1. The number of hydrogen-bond donors (Lipinski definition) is 2. The SMILES string of the molecule is Cn1cc(CCNCC(O)c2ccc(F)cc2)cn1. The Morgan fingerprint density at radius 1 is 1.37 bits per heavy atom. The second-order valence-electron chi connectivity index (χ2n) is 4.54. The predicted molar refractivity (Wildman–Crippen MR) is 71.1 cm³/mol. The lowest BCUT2D eigenvalue weighted by Crippen LogP contribution is -2.23. The number of aryl methyl sites for hydroxylation is 1. The van der Waals surface area contributed by atoms with Gasteiger partial charge < -0.3 is 10.4 Å². The second kappa shape index (κ2) is 6.45. The van der Waals surface area contributed by atoms with E-state index in [2.05, 4.69) is 10.4 Å². The van der Waals surface area contributed by atoms with Gasteiger partial charge in [0.05, 0.1) is 12.3 Å². The van der Waals surface area contributed by atoms with Gasteiger partial charge in [0.15, 0.2) is 0 Å². The molecule has 1 heterocycles. The van der Waals surface area contributed by atoms with E-state index in [1.165, 1.54) is 12.1 Å². The number of nitrogens with one attached hydrogen (secondary N) is 1. The molecule has 0 saturated carbocycles. The average molecular weight is 263 g/mol. The van der Waals surface area contributed by atoms with Crippen LogP contribution in [0.25, 0.3) is 0 Å². The molecule has 2 aromatic rings. The van der Waals surface area contributed by atoms with Crippen molar-refractivity contribution in [2.75, 3.05) is 13.1 Å². The molecular weight excluding hydrogens is 245 g/mol. The van der Waals surface area contributed by atoms with E-state index in [4.69, 9.17) is 0 Å². The van der Waals surface area contributed by atoms with Crippen LogP contribution in [0, 0.1) is 5.82 Å². The maximum Gasteiger partial charge on any atom is 0.123 e. The van der Waals surface area contributed by atoms with Crippen molar-refractivity contribution in [2.24, 2.45) is 7.05 Å². The largest absolute Gasteiger partial charge is 0.387 e. The number of aliphatic hydroxyl groups is 1. The summed E-state index contributed by atoms with van der Waals surface area (Å²) in [7, 11) is 1.88. The van der Waals surface area contributed by atoms with Crippen molar-refractivity contribution in [3.05, 3.63) is 53.6 Å². The fourth-order valence-corrected chi connectivity index (χ4v) is 1.88. The lowest BCUT2D eigenvalue weighted by molar-refractivity contribution is 0.175. The van der Waals surface area contributed by atoms with E-state index in [9.17, 15) is 9.50 Å². The van der Waals surface area contributed by atoms with Crippen molar-refractivity contribution in [3.63, 3.8) is 0 Å². The fourth-order valence-electron chi connectivity index (χ4n) is 1.88. The molecule has 1 unspecified atom stereocenters. The molecule has 1 aromatic heterocycles. The Hall–Kier alpha value is -1.72. The summed E-state index contributed by atoms with van der Waals surface area (Å²) in [6.45, 7) is 1.22. The minimum atomic E-state index is -0.616. The van der Waals surface area contributed by atoms with Crippen LogP contribution >= 0.6 is 0 Å². The molecule has 0 amide bonds. The zero-order chi connectivity index (χ0) is 13.7. The van der Waals surface area contributed by atoms with E-state index in [0.29, 0.717) is 6.54 Å². The summed E-state index contributed by atoms with van der Waals surface area (Å²) in [5, 5.41) is 17.2. The Labute approximate surface area is 111 Å². The van der Waals surface area contributed by atoms with E-state index in [1.54, 1.807) is 16.8 Å². The van der Waals surface area contributed by atoms with Crippen molar-refractivity contribution in [3.8, 4) is 0 Å². The van der Waals surface area contributed by atoms with Gasteiger partial charge in [-0.3, -0.25) is 4.68 Å². The van der Waals surface area contributed by atoms with Gasteiger partial charge in [0.1, 0.15) is 5.82 Å². The molecule has 0 bridgehead atoms. The van der Waals surface area contributed by atoms with E-state index in [0.717, 1.165) is 24.1 Å². The minimum Gasteiger partial charge on any atom is -0.387 e. The summed E-state index contributed by atoms with van der Waals surface area (Å²) in [6.07, 6.45) is 4.05. The monoisotopic (exact) mass is 263 g/mol. The quantitative estimate of drug-likeness (QED) is 0.775. The number of benzene rings is 1. The molecule has 0 aliphatic rings. The van der Waals surface area contributed by atoms with Crippen molar-refractivity contribution in [2.45, 2.75) is 12.5 Å². The van der Waals surface area contributed by atoms with Crippen LogP contribution in [0.2, 0.25) is 0 Å². The van der Waals surface area contributed by atoms with Gasteiger partial charge in [-0.15, -0.1) is 0 Å². The number of rotatable bonds is 6. The van der Waals surface area contributed by atoms with Gasteiger partial charge in [0.2, 0.25) is 0 Å². The number of hydrogen-bond acceptors (Lipinski definition) is 3. The fraction of sp³-hybridized carbons (Fsp3) is 0.357. The highest BCUT2D eigenvalue weighted by Crippen LogP contribution is 2.12. The standard InChI is InChI=1S/C14H18FN3O/c1-18-10-11(8-17-18)6-7-16-9-14(19)12-2-4-13(15)5-3-12/h2-5,8,10,14,16,19H,6-7,9H2,1H3. The first-order valence-corrected chi connectivity index (χ1v) is 6.27. The molecule has 102 valence electrons. The first-order valence-electron chi connectivity index (χ1n) is 6.27. The highest BCUT2D eigenvalue weighted by molar-refractivity contribution is 5.18. The van der Waals surface area contributed by atoms with Gasteiger partial charge in [-0.25, -0.2) is 4.39 Å². The lowest BCUT2D eigenvalue weighted by Gasteiger charge is -2.11. The summed E-state index contributed by atoms with van der Waals surface area (Å²) >= 11 is 0. The summed E-state index contributed by atoms with van der Waals surface area (Å²) < 4.78 is 14.5. The Morgan fingerprint density at radius 2 is 2.11 bits per heavy atom. The van der Waals surface area contributed by atoms with Gasteiger partial charge in [-0.1, -0.05) is 12.1 Å². The highest BCUT2D eigenvalue weighted by Gasteiger charge is 2.06. The van der Waals surface area contributed by atoms with Crippen LogP contribution in [0.15, 0.2) is 36.7 Å². The van der Waals surface area contributed by atoms with Crippen LogP contribution in [-0.2, 0) is 13.5 Å². The molecular formula is C14H18FN3O. The van der Waals surface area contributed by atoms with Crippen LogP contribution in [-0.4, -0.2) is 28.0 Å². The van der Waals surface area contributed by atoms with Crippen molar-refractivity contribution in [1.29, 1.82) is 0 Å². The maximum atomic E-state index is 12.7. The molecule has 5 heteroatoms. The lowest BCUT2D eigenvalue weighted by atomic mass is 10.1. The van der Waals surface area contributed by atoms with E-state index in [-0.39, 0.29) is 5.82 Å². The van der Waals surface area contributed by atoms with Crippen LogP contribution in [0.3, 0.4) is 0 Å². The summed E-state index contributed by atoms with van der Waals surface area (Å²) in [6, 6.07) is 5.91. The molecule has 0 aliphatic carbocycles. The van der Waals surface area contributed by atoms with Crippen molar-refractivity contribution in [1.82, 2.24) is 15.1 Å². The predicted octanol–water partition coefficient (Wildman–Crippen LogP) is 1.42. The number of aliphatic hydroxyl groups excluding tert-OH is 1. The van der Waals surface area contributed by atoms with Gasteiger partial charge in [0.25, 0.3) is 0 Å². The van der Waals surface area contributed by atoms with E-state index >= 15 is 0 Å². The molecule has 0 aliphatic heterocycles. The first kappa shape index (κ1) is 13.7. The second-order valence-corrected chi connectivity index (χ2v) is 4.54. The zero-order valence-electron chi connectivity index (χ0n) is 10.9. The summed E-state index contributed by atoms with van der Waals surface area (Å²) in [5.41, 5.74) is 1.88. The number of aromatic nitrogens is 2. The minimum absolute atomic E-state index is 0.291. The average Bonchev–Trinajstić information content (AvgIpc) is 2.81. The first-order chi connectivity index (χ1) is 9.15. The Kier molecular flexibility index (Phi) is 4.65. The van der Waals surface area contributed by atoms with Crippen LogP contribution < -0.4 is 5.32 Å². The van der Waals surface area contributed by atoms with Crippen LogP contribution in [0.4, 0.5) is 4.39 Å². The number of nitrogens with zero attached hydrogens (tertiary/aromatic N) is 2. The van der Waals surface area contributed by atoms with Gasteiger partial charge in [-0.2, -0.15) is 5.10 Å². The molecule has 1 aromatic carbocycles. The molecule has 1 atom stereocenters. The molecule has 19 heavy (non-hydrogen) atoms. The molecule has 0 radical (unpaired) electrons. The van der Waals surface area contributed by atoms with Crippen molar-refractivity contribution < 1.29 is 9.50 Å². The third-order valence-electron chi connectivity index (χ3n) is 2.94. The molecule has 4 nitrogen and oxygen atoms in total. The molecule has 0 spiro atoms. The Bertz CT molecular complexity index is 510. The van der Waals surface area contributed by atoms with E-state index in [1.807, 2.05) is 19.4 Å². The molecule has 0 fully saturated rings. The van der Waals surface area contributed by atoms with Gasteiger partial charge >= 0.3 is 0 Å². The smallest absolute Gasteiger partial charge is 0.123 e. The molecule has 0 saturated heterocycles. The van der Waals surface area contributed by atoms with Crippen LogP contribution in [0.1, 0.15) is 17.2 Å². The van der Waals surface area contributed by atoms with Crippen molar-refractivity contribution >= 4 is 0 Å². The molecule has 2 N–H and O–H groups in total. The third kappa shape index (κ3) is 4.15. The Morgan fingerprint density at radius 3 is 2.74 bits per heavy atom. The Balaban J connectivity index is 1.72.